The van der Waals surface area contributed by atoms with Crippen LogP contribution in [0.15, 0.2) is 114 Å². The zero-order valence-corrected chi connectivity index (χ0v) is 23.7. The summed E-state index contributed by atoms with van der Waals surface area (Å²) in [6.07, 6.45) is 3.51. The smallest absolute Gasteiger partial charge is 0.134 e. The number of benzene rings is 5. The Morgan fingerprint density at radius 1 is 0.732 bits per heavy atom. The number of rotatable bonds is 1. The van der Waals surface area contributed by atoms with Gasteiger partial charge in [0.1, 0.15) is 11.2 Å². The molecule has 0 N–H and O–H groups in total. The van der Waals surface area contributed by atoms with E-state index >= 15 is 0 Å². The van der Waals surface area contributed by atoms with Gasteiger partial charge in [-0.3, -0.25) is 4.39 Å². The average molecular weight is 708 g/mol. The second-order valence-corrected chi connectivity index (χ2v) is 9.25. The molecular weight excluding hydrogens is 690 g/mol. The Hall–Kier alpha value is -4.95. The van der Waals surface area contributed by atoms with E-state index in [-0.39, 0.29) is 25.9 Å². The number of aromatic nitrogens is 2. The maximum Gasteiger partial charge on any atom is 0.134 e. The van der Waals surface area contributed by atoms with Crippen LogP contribution >= 0.6 is 0 Å². The van der Waals surface area contributed by atoms with Gasteiger partial charge in [0.2, 0.25) is 0 Å². The molecule has 0 saturated carbocycles. The molecule has 41 heavy (non-hydrogen) atoms. The van der Waals surface area contributed by atoms with Gasteiger partial charge in [-0.2, -0.15) is 5.26 Å². The molecule has 4 nitrogen and oxygen atoms in total. The van der Waals surface area contributed by atoms with E-state index in [4.69, 9.17) is 4.42 Å². The number of furan rings is 1. The summed E-state index contributed by atoms with van der Waals surface area (Å²) in [7, 11) is 0. The second-order valence-electron chi connectivity index (χ2n) is 9.25. The first-order valence-electron chi connectivity index (χ1n) is 12.7. The molecule has 8 rings (SSSR count). The summed E-state index contributed by atoms with van der Waals surface area (Å²) in [5, 5.41) is 16.5. The van der Waals surface area contributed by atoms with Crippen molar-refractivity contribution in [1.29, 1.82) is 5.26 Å². The van der Waals surface area contributed by atoms with Crippen LogP contribution in [0.4, 0.5) is 4.39 Å². The van der Waals surface area contributed by atoms with Gasteiger partial charge in [0, 0.05) is 54.5 Å². The van der Waals surface area contributed by atoms with Crippen molar-refractivity contribution in [3.8, 4) is 17.3 Å². The predicted molar refractivity (Wildman–Crippen MR) is 156 cm³/mol. The Bertz CT molecular complexity index is 2240. The van der Waals surface area contributed by atoms with Gasteiger partial charge in [0.15, 0.2) is 0 Å². The molecule has 0 aliphatic carbocycles. The minimum atomic E-state index is -0.278. The molecule has 3 heterocycles. The van der Waals surface area contributed by atoms with Crippen LogP contribution in [0, 0.1) is 29.3 Å². The van der Waals surface area contributed by atoms with Gasteiger partial charge in [0.05, 0.1) is 11.6 Å². The molecule has 197 valence electrons. The summed E-state index contributed by atoms with van der Waals surface area (Å²) in [6, 6.07) is 38.1. The van der Waals surface area contributed by atoms with Gasteiger partial charge in [-0.15, -0.1) is 59.5 Å². The first kappa shape index (κ1) is 26.3. The van der Waals surface area contributed by atoms with Crippen LogP contribution in [0.2, 0.25) is 0 Å². The Balaban J connectivity index is 0.000000183. The maximum atomic E-state index is 12.6. The molecule has 0 bridgehead atoms. The fourth-order valence-corrected chi connectivity index (χ4v) is 5.21. The minimum Gasteiger partial charge on any atom is -0.465 e. The van der Waals surface area contributed by atoms with E-state index in [1.165, 1.54) is 12.1 Å². The third kappa shape index (κ3) is 4.52. The molecule has 0 spiro atoms. The summed E-state index contributed by atoms with van der Waals surface area (Å²) >= 11 is 0. The summed E-state index contributed by atoms with van der Waals surface area (Å²) in [6.45, 7) is 0. The van der Waals surface area contributed by atoms with Crippen molar-refractivity contribution >= 4 is 54.4 Å². The molecule has 5 aromatic carbocycles. The second kappa shape index (κ2) is 10.9. The standard InChI is InChI=1S/C24H11N2O.C11H7FN.Ir/c25-13-14-5-3-8-16-15(14)10-11-20-21(16)22-19-9-4-12-26-23(19)17-6-1-2-7-18(17)24(22)27-20;12-10-6-4-9(5-7-10)11-3-1-2-8-13-11;/h1-5,7-12H;1-4,6-8H;/q2*-1;. The van der Waals surface area contributed by atoms with Crippen LogP contribution in [-0.4, -0.2) is 9.97 Å². The Labute approximate surface area is 248 Å². The predicted octanol–water partition coefficient (Wildman–Crippen LogP) is 8.80. The fourth-order valence-electron chi connectivity index (χ4n) is 5.21. The minimum absolute atomic E-state index is 0. The van der Waals surface area contributed by atoms with Gasteiger partial charge < -0.3 is 14.4 Å². The average Bonchev–Trinajstić information content (AvgIpc) is 3.43. The molecule has 0 atom stereocenters. The Morgan fingerprint density at radius 3 is 2.39 bits per heavy atom. The third-order valence-electron chi connectivity index (χ3n) is 6.96. The molecule has 6 heteroatoms. The molecular formula is C35H18FIrN3O-2. The van der Waals surface area contributed by atoms with Crippen molar-refractivity contribution < 1.29 is 28.9 Å². The molecule has 0 aliphatic rings. The topological polar surface area (TPSA) is 62.7 Å². The monoisotopic (exact) mass is 708 g/mol. The van der Waals surface area contributed by atoms with Crippen LogP contribution in [0.3, 0.4) is 0 Å². The number of hydrogen-bond acceptors (Lipinski definition) is 4. The van der Waals surface area contributed by atoms with Crippen LogP contribution in [-0.2, 0) is 20.1 Å². The summed E-state index contributed by atoms with van der Waals surface area (Å²) < 4.78 is 18.9. The van der Waals surface area contributed by atoms with E-state index < -0.39 is 0 Å². The molecule has 1 radical (unpaired) electrons. The quantitative estimate of drug-likeness (QED) is 0.126. The van der Waals surface area contributed by atoms with Gasteiger partial charge in [-0.25, -0.2) is 0 Å². The Kier molecular flexibility index (Phi) is 6.99. The third-order valence-corrected chi connectivity index (χ3v) is 6.96. The Morgan fingerprint density at radius 2 is 1.59 bits per heavy atom. The van der Waals surface area contributed by atoms with E-state index in [0.29, 0.717) is 5.56 Å². The number of fused-ring (bicyclic) bond motifs is 10. The van der Waals surface area contributed by atoms with Crippen molar-refractivity contribution in [2.24, 2.45) is 0 Å². The van der Waals surface area contributed by atoms with Crippen LogP contribution in [0.25, 0.3) is 65.6 Å². The van der Waals surface area contributed by atoms with E-state index in [9.17, 15) is 9.65 Å². The summed E-state index contributed by atoms with van der Waals surface area (Å²) in [5.41, 5.74) is 4.85. The first-order valence-corrected chi connectivity index (χ1v) is 12.7. The van der Waals surface area contributed by atoms with E-state index in [2.05, 4.69) is 40.3 Å². The van der Waals surface area contributed by atoms with Gasteiger partial charge >= 0.3 is 0 Å². The van der Waals surface area contributed by atoms with E-state index in [0.717, 1.165) is 65.6 Å². The number of nitriles is 1. The van der Waals surface area contributed by atoms with Crippen molar-refractivity contribution in [3.63, 3.8) is 0 Å². The molecule has 0 fully saturated rings. The summed E-state index contributed by atoms with van der Waals surface area (Å²) in [4.78, 5) is 8.76. The maximum absolute atomic E-state index is 12.6. The fraction of sp³-hybridized carbons (Fsp3) is 0. The normalized spacial score (nSPS) is 10.8. The van der Waals surface area contributed by atoms with Gasteiger partial charge in [-0.1, -0.05) is 35.7 Å². The van der Waals surface area contributed by atoms with Crippen LogP contribution in [0.5, 0.6) is 0 Å². The number of halogens is 1. The summed E-state index contributed by atoms with van der Waals surface area (Å²) in [5.74, 6) is -0.278. The molecule has 8 aromatic rings. The van der Waals surface area contributed by atoms with Gasteiger partial charge in [0.25, 0.3) is 0 Å². The zero-order chi connectivity index (χ0) is 27.1. The zero-order valence-electron chi connectivity index (χ0n) is 21.4. The number of nitrogens with zero attached hydrogens (tertiary/aromatic N) is 3. The molecule has 0 saturated heterocycles. The number of hydrogen-bond donors (Lipinski definition) is 0. The van der Waals surface area contributed by atoms with Gasteiger partial charge in [-0.05, 0) is 52.3 Å². The van der Waals surface area contributed by atoms with Crippen LogP contribution < -0.4 is 0 Å². The molecule has 0 amide bonds. The first-order chi connectivity index (χ1) is 19.7. The van der Waals surface area contributed by atoms with E-state index in [1.807, 2.05) is 72.9 Å². The molecule has 0 unspecified atom stereocenters. The van der Waals surface area contributed by atoms with Crippen molar-refractivity contribution in [3.05, 3.63) is 133 Å². The SMILES string of the molecule is Fc1c[c-]c(-c2ccccn2)cc1.N#Cc1cccc2c1ccc1oc3c4ccc[c-]c4c4ncccc4c3c12.[Ir]. The van der Waals surface area contributed by atoms with Crippen molar-refractivity contribution in [2.75, 3.05) is 0 Å². The largest absolute Gasteiger partial charge is 0.465 e. The van der Waals surface area contributed by atoms with Crippen molar-refractivity contribution in [2.45, 2.75) is 0 Å². The van der Waals surface area contributed by atoms with Crippen LogP contribution in [0.1, 0.15) is 5.56 Å². The molecule has 0 aliphatic heterocycles. The van der Waals surface area contributed by atoms with E-state index in [1.54, 1.807) is 12.3 Å². The molecule has 3 aromatic heterocycles. The van der Waals surface area contributed by atoms with Crippen molar-refractivity contribution in [1.82, 2.24) is 9.97 Å². The number of pyridine rings is 2.